The molecule has 2 heterocycles. The number of carbonyl (C=O) groups excluding carboxylic acids is 1. The summed E-state index contributed by atoms with van der Waals surface area (Å²) >= 11 is 0. The predicted octanol–water partition coefficient (Wildman–Crippen LogP) is -0.257. The number of aliphatic carboxylic acids is 1. The maximum Gasteiger partial charge on any atom is 0.306 e. The molecule has 7 heteroatoms. The summed E-state index contributed by atoms with van der Waals surface area (Å²) < 4.78 is 1.60. The minimum atomic E-state index is -0.788. The molecule has 2 rings (SSSR count). The summed E-state index contributed by atoms with van der Waals surface area (Å²) in [6.45, 7) is 0.896. The molecule has 0 bridgehead atoms. The van der Waals surface area contributed by atoms with Gasteiger partial charge in [0.2, 0.25) is 5.91 Å². The van der Waals surface area contributed by atoms with E-state index in [1.54, 1.807) is 29.0 Å². The third-order valence-electron chi connectivity index (χ3n) is 3.51. The molecule has 1 aromatic heterocycles. The van der Waals surface area contributed by atoms with Crippen LogP contribution in [-0.2, 0) is 16.6 Å². The third kappa shape index (κ3) is 2.93. The number of likely N-dealkylation sites (tertiary alicyclic amines) is 1. The van der Waals surface area contributed by atoms with E-state index < -0.39 is 12.0 Å². The molecule has 1 amide bonds. The zero-order chi connectivity index (χ0) is 14.0. The maximum atomic E-state index is 12.2. The summed E-state index contributed by atoms with van der Waals surface area (Å²) in [5, 5.41) is 12.9. The number of carboxylic acid groups (broad SMARTS) is 1. The van der Waals surface area contributed by atoms with E-state index in [0.717, 1.165) is 0 Å². The van der Waals surface area contributed by atoms with Crippen LogP contribution in [-0.4, -0.2) is 44.8 Å². The quantitative estimate of drug-likeness (QED) is 0.785. The van der Waals surface area contributed by atoms with Gasteiger partial charge in [0, 0.05) is 31.9 Å². The number of hydrogen-bond acceptors (Lipinski definition) is 4. The van der Waals surface area contributed by atoms with E-state index >= 15 is 0 Å². The molecule has 1 aliphatic heterocycles. The molecule has 19 heavy (non-hydrogen) atoms. The summed E-state index contributed by atoms with van der Waals surface area (Å²) in [7, 11) is 1.76. The van der Waals surface area contributed by atoms with Crippen LogP contribution < -0.4 is 5.73 Å². The lowest BCUT2D eigenvalue weighted by Crippen LogP contribution is -2.44. The Morgan fingerprint density at radius 3 is 2.58 bits per heavy atom. The van der Waals surface area contributed by atoms with Crippen molar-refractivity contribution in [3.05, 3.63) is 18.0 Å². The van der Waals surface area contributed by atoms with Gasteiger partial charge in [-0.25, -0.2) is 0 Å². The number of nitrogens with zero attached hydrogens (tertiary/aromatic N) is 3. The Bertz CT molecular complexity index is 477. The number of rotatable bonds is 3. The highest BCUT2D eigenvalue weighted by Crippen LogP contribution is 2.20. The van der Waals surface area contributed by atoms with E-state index in [4.69, 9.17) is 10.8 Å². The fourth-order valence-corrected chi connectivity index (χ4v) is 2.29. The summed E-state index contributed by atoms with van der Waals surface area (Å²) in [5.74, 6) is -1.31. The minimum Gasteiger partial charge on any atom is -0.481 e. The van der Waals surface area contributed by atoms with Gasteiger partial charge in [-0.05, 0) is 12.8 Å². The molecule has 0 spiro atoms. The lowest BCUT2D eigenvalue weighted by atomic mass is 9.96. The molecule has 1 atom stereocenters. The average molecular weight is 266 g/mol. The van der Waals surface area contributed by atoms with E-state index in [1.807, 2.05) is 0 Å². The van der Waals surface area contributed by atoms with Crippen LogP contribution in [0.3, 0.4) is 0 Å². The van der Waals surface area contributed by atoms with Crippen molar-refractivity contribution in [3.63, 3.8) is 0 Å². The second-order valence-corrected chi connectivity index (χ2v) is 4.86. The SMILES string of the molecule is Cn1cc(C(N)C(=O)N2CCC(C(=O)O)CC2)cn1. The Hall–Kier alpha value is -1.89. The maximum absolute atomic E-state index is 12.2. The summed E-state index contributed by atoms with van der Waals surface area (Å²) in [6, 6.07) is -0.727. The molecular formula is C12H18N4O3. The molecule has 1 unspecified atom stereocenters. The Morgan fingerprint density at radius 1 is 1.47 bits per heavy atom. The summed E-state index contributed by atoms with van der Waals surface area (Å²) in [6.07, 6.45) is 4.26. The van der Waals surface area contributed by atoms with Crippen molar-refractivity contribution in [2.24, 2.45) is 18.7 Å². The Labute approximate surface area is 111 Å². The standard InChI is InChI=1S/C12H18N4O3/c1-15-7-9(6-14-15)10(13)11(17)16-4-2-8(3-5-16)12(18)19/h6-8,10H,2-5,13H2,1H3,(H,18,19). The Kier molecular flexibility index (Phi) is 3.84. The number of aromatic nitrogens is 2. The van der Waals surface area contributed by atoms with Crippen LogP contribution in [0, 0.1) is 5.92 Å². The Balaban J connectivity index is 1.96. The second kappa shape index (κ2) is 5.40. The van der Waals surface area contributed by atoms with Gasteiger partial charge in [-0.2, -0.15) is 5.10 Å². The van der Waals surface area contributed by atoms with Crippen LogP contribution in [0.4, 0.5) is 0 Å². The van der Waals surface area contributed by atoms with Gasteiger partial charge in [0.15, 0.2) is 0 Å². The van der Waals surface area contributed by atoms with Gasteiger partial charge in [0.1, 0.15) is 6.04 Å². The van der Waals surface area contributed by atoms with E-state index in [-0.39, 0.29) is 11.8 Å². The van der Waals surface area contributed by atoms with Gasteiger partial charge in [-0.15, -0.1) is 0 Å². The normalized spacial score (nSPS) is 18.3. The van der Waals surface area contributed by atoms with Crippen LogP contribution in [0.1, 0.15) is 24.4 Å². The molecule has 3 N–H and O–H groups in total. The van der Waals surface area contributed by atoms with E-state index in [1.165, 1.54) is 0 Å². The molecule has 1 aromatic rings. The molecule has 1 saturated heterocycles. The first-order chi connectivity index (χ1) is 8.99. The molecule has 0 aromatic carbocycles. The van der Waals surface area contributed by atoms with Crippen molar-refractivity contribution in [3.8, 4) is 0 Å². The van der Waals surface area contributed by atoms with Gasteiger partial charge in [0.25, 0.3) is 0 Å². The van der Waals surface area contributed by atoms with Gasteiger partial charge in [-0.3, -0.25) is 14.3 Å². The predicted molar refractivity (Wildman–Crippen MR) is 67.1 cm³/mol. The third-order valence-corrected chi connectivity index (χ3v) is 3.51. The molecule has 0 saturated carbocycles. The molecule has 7 nitrogen and oxygen atoms in total. The summed E-state index contributed by atoms with van der Waals surface area (Å²) in [4.78, 5) is 24.7. The second-order valence-electron chi connectivity index (χ2n) is 4.86. The van der Waals surface area contributed by atoms with Crippen LogP contribution in [0.5, 0.6) is 0 Å². The zero-order valence-electron chi connectivity index (χ0n) is 10.8. The van der Waals surface area contributed by atoms with E-state index in [9.17, 15) is 9.59 Å². The fraction of sp³-hybridized carbons (Fsp3) is 0.583. The number of aryl methyl sites for hydroxylation is 1. The monoisotopic (exact) mass is 266 g/mol. The molecular weight excluding hydrogens is 248 g/mol. The first-order valence-corrected chi connectivity index (χ1v) is 6.24. The van der Waals surface area contributed by atoms with Gasteiger partial charge >= 0.3 is 5.97 Å². The van der Waals surface area contributed by atoms with Crippen molar-refractivity contribution in [2.45, 2.75) is 18.9 Å². The highest BCUT2D eigenvalue weighted by Gasteiger charge is 2.30. The first kappa shape index (κ1) is 13.5. The van der Waals surface area contributed by atoms with E-state index in [2.05, 4.69) is 5.10 Å². The zero-order valence-corrected chi connectivity index (χ0v) is 10.8. The molecule has 0 aliphatic carbocycles. The number of hydrogen-bond donors (Lipinski definition) is 2. The lowest BCUT2D eigenvalue weighted by Gasteiger charge is -2.31. The van der Waals surface area contributed by atoms with Gasteiger partial charge < -0.3 is 15.7 Å². The first-order valence-electron chi connectivity index (χ1n) is 6.24. The number of carboxylic acids is 1. The smallest absolute Gasteiger partial charge is 0.306 e. The summed E-state index contributed by atoms with van der Waals surface area (Å²) in [5.41, 5.74) is 6.59. The number of nitrogens with two attached hydrogens (primary N) is 1. The van der Waals surface area contributed by atoms with Gasteiger partial charge in [0.05, 0.1) is 12.1 Å². The molecule has 1 fully saturated rings. The highest BCUT2D eigenvalue weighted by molar-refractivity contribution is 5.83. The van der Waals surface area contributed by atoms with Crippen LogP contribution >= 0.6 is 0 Å². The molecule has 104 valence electrons. The highest BCUT2D eigenvalue weighted by atomic mass is 16.4. The largest absolute Gasteiger partial charge is 0.481 e. The van der Waals surface area contributed by atoms with Crippen molar-refractivity contribution < 1.29 is 14.7 Å². The number of amides is 1. The van der Waals surface area contributed by atoms with E-state index in [0.29, 0.717) is 31.5 Å². The van der Waals surface area contributed by atoms with Crippen LogP contribution in [0.25, 0.3) is 0 Å². The number of carbonyl (C=O) groups is 2. The van der Waals surface area contributed by atoms with Crippen molar-refractivity contribution in [1.82, 2.24) is 14.7 Å². The average Bonchev–Trinajstić information content (AvgIpc) is 2.84. The molecule has 0 radical (unpaired) electrons. The number of piperidine rings is 1. The van der Waals surface area contributed by atoms with Crippen molar-refractivity contribution >= 4 is 11.9 Å². The van der Waals surface area contributed by atoms with Crippen molar-refractivity contribution in [2.75, 3.05) is 13.1 Å². The van der Waals surface area contributed by atoms with Crippen LogP contribution in [0.15, 0.2) is 12.4 Å². The lowest BCUT2D eigenvalue weighted by molar-refractivity contribution is -0.146. The van der Waals surface area contributed by atoms with Crippen molar-refractivity contribution in [1.29, 1.82) is 0 Å². The topological polar surface area (TPSA) is 101 Å². The van der Waals surface area contributed by atoms with Crippen LogP contribution in [0.2, 0.25) is 0 Å². The van der Waals surface area contributed by atoms with Gasteiger partial charge in [-0.1, -0.05) is 0 Å². The molecule has 1 aliphatic rings. The fourth-order valence-electron chi connectivity index (χ4n) is 2.29. The Morgan fingerprint density at radius 2 is 2.11 bits per heavy atom. The minimum absolute atomic E-state index is 0.170.